The first-order valence-corrected chi connectivity index (χ1v) is 25.1. The average molecular weight is 908 g/mol. The van der Waals surface area contributed by atoms with E-state index in [-0.39, 0.29) is 5.41 Å². The van der Waals surface area contributed by atoms with Crippen molar-refractivity contribution < 1.29 is 8.98 Å². The summed E-state index contributed by atoms with van der Waals surface area (Å²) in [4.78, 5) is 2.43. The van der Waals surface area contributed by atoms with Gasteiger partial charge in [0.25, 0.3) is 0 Å². The molecule has 0 bridgehead atoms. The van der Waals surface area contributed by atoms with Crippen molar-refractivity contribution in [3.63, 3.8) is 0 Å². The van der Waals surface area contributed by atoms with Crippen LogP contribution in [0.1, 0.15) is 25.0 Å². The first-order valence-electron chi connectivity index (χ1n) is 23.5. The molecule has 1 aliphatic carbocycles. The van der Waals surface area contributed by atoms with Crippen molar-refractivity contribution in [2.24, 2.45) is 0 Å². The molecule has 0 saturated carbocycles. The molecule has 0 radical (unpaired) electrons. The molecule has 2 aliphatic rings. The van der Waals surface area contributed by atoms with Crippen molar-refractivity contribution in [3.8, 4) is 33.4 Å². The lowest BCUT2D eigenvalue weighted by molar-refractivity contribution is 0.582. The molecule has 13 rings (SSSR count). The van der Waals surface area contributed by atoms with Gasteiger partial charge in [-0.25, -0.2) is 0 Å². The molecule has 330 valence electrons. The third-order valence-electron chi connectivity index (χ3n) is 14.2. The minimum absolute atomic E-state index is 0.174. The Hall–Kier alpha value is -8.37. The Labute approximate surface area is 402 Å². The van der Waals surface area contributed by atoms with Crippen LogP contribution in [-0.2, 0) is 9.98 Å². The van der Waals surface area contributed by atoms with E-state index in [4.69, 9.17) is 4.42 Å². The Balaban J connectivity index is 1.01. The number of rotatable bonds is 8. The van der Waals surface area contributed by atoms with Gasteiger partial charge in [0.05, 0.1) is 33.4 Å². The molecular formula is C63H46N3O2P. The van der Waals surface area contributed by atoms with Gasteiger partial charge in [0.1, 0.15) is 11.2 Å². The number of furan rings is 1. The number of hydrogen-bond donors (Lipinski definition) is 0. The highest BCUT2D eigenvalue weighted by molar-refractivity contribution is 7.76. The van der Waals surface area contributed by atoms with Crippen LogP contribution in [0.4, 0.5) is 39.8 Å². The predicted molar refractivity (Wildman–Crippen MR) is 288 cm³/mol. The summed E-state index contributed by atoms with van der Waals surface area (Å²) in [7, 11) is -3.53. The fourth-order valence-corrected chi connectivity index (χ4v) is 14.0. The van der Waals surface area contributed by atoms with Crippen molar-refractivity contribution >= 4 is 74.5 Å². The van der Waals surface area contributed by atoms with E-state index in [9.17, 15) is 0 Å². The van der Waals surface area contributed by atoms with Gasteiger partial charge in [-0.3, -0.25) is 13.9 Å². The second kappa shape index (κ2) is 15.9. The minimum Gasteiger partial charge on any atom is -0.456 e. The third-order valence-corrected chi connectivity index (χ3v) is 17.1. The summed E-state index contributed by atoms with van der Waals surface area (Å²) in [6.45, 7) is 4.67. The molecule has 10 aromatic carbocycles. The summed E-state index contributed by atoms with van der Waals surface area (Å²) < 4.78 is 27.2. The lowest BCUT2D eigenvalue weighted by Gasteiger charge is -2.33. The van der Waals surface area contributed by atoms with Crippen molar-refractivity contribution in [1.29, 1.82) is 0 Å². The quantitative estimate of drug-likeness (QED) is 0.142. The van der Waals surface area contributed by atoms with E-state index in [0.29, 0.717) is 0 Å². The molecule has 0 fully saturated rings. The maximum Gasteiger partial charge on any atom is 0.301 e. The Morgan fingerprint density at radius 3 is 1.72 bits per heavy atom. The smallest absolute Gasteiger partial charge is 0.301 e. The molecule has 1 aliphatic heterocycles. The summed E-state index contributed by atoms with van der Waals surface area (Å²) in [5.74, 6) is 0. The van der Waals surface area contributed by atoms with Crippen LogP contribution in [0.2, 0.25) is 0 Å². The topological polar surface area (TPSA) is 39.9 Å². The number of benzene rings is 10. The van der Waals surface area contributed by atoms with Crippen LogP contribution in [-0.4, -0.2) is 0 Å². The number of hydrogen-bond acceptors (Lipinski definition) is 3. The summed E-state index contributed by atoms with van der Waals surface area (Å²) in [5, 5.41) is 2.80. The normalized spacial score (nSPS) is 15.6. The Bertz CT molecular complexity index is 3800. The van der Waals surface area contributed by atoms with E-state index < -0.39 is 7.44 Å². The fraction of sp³-hybridized carbons (Fsp3) is 0.0476. The Morgan fingerprint density at radius 2 is 1.00 bits per heavy atom. The van der Waals surface area contributed by atoms with Crippen LogP contribution < -0.4 is 19.5 Å². The SMILES string of the molecule is CC1(C)c2ccccc2-c2c(N(c3ccc(-c4ccccc4)cc3)c3cccc4oc5ccc(-c6ccc7c(c6)N(c6ccccc6)P(=O)(c6ccccc6)N7c6ccccc6)cc5c34)cccc21. The van der Waals surface area contributed by atoms with Gasteiger partial charge >= 0.3 is 7.44 Å². The molecule has 0 N–H and O–H groups in total. The van der Waals surface area contributed by atoms with Crippen molar-refractivity contribution in [3.05, 3.63) is 254 Å². The van der Waals surface area contributed by atoms with Crippen LogP contribution in [0.15, 0.2) is 247 Å². The van der Waals surface area contributed by atoms with E-state index in [1.54, 1.807) is 0 Å². The van der Waals surface area contributed by atoms with Gasteiger partial charge in [0.2, 0.25) is 0 Å². The molecule has 1 aromatic heterocycles. The average Bonchev–Trinajstić information content (AvgIpc) is 4.00. The van der Waals surface area contributed by atoms with Gasteiger partial charge in [-0.05, 0) is 130 Å². The lowest BCUT2D eigenvalue weighted by atomic mass is 9.82. The van der Waals surface area contributed by atoms with Gasteiger partial charge in [-0.1, -0.05) is 166 Å². The summed E-state index contributed by atoms with van der Waals surface area (Å²) >= 11 is 0. The molecular weight excluding hydrogens is 862 g/mol. The Kier molecular flexibility index (Phi) is 9.40. The molecule has 5 nitrogen and oxygen atoms in total. The monoisotopic (exact) mass is 907 g/mol. The van der Waals surface area contributed by atoms with Gasteiger partial charge in [0.15, 0.2) is 0 Å². The number of para-hydroxylation sites is 2. The van der Waals surface area contributed by atoms with Crippen molar-refractivity contribution in [2.75, 3.05) is 14.2 Å². The maximum absolute atomic E-state index is 16.3. The molecule has 2 heterocycles. The number of anilines is 7. The third kappa shape index (κ3) is 6.35. The number of nitrogens with zero attached hydrogens (tertiary/aromatic N) is 3. The first-order chi connectivity index (χ1) is 33.9. The van der Waals surface area contributed by atoms with Gasteiger partial charge in [-0.15, -0.1) is 0 Å². The molecule has 69 heavy (non-hydrogen) atoms. The van der Waals surface area contributed by atoms with Crippen LogP contribution in [0.5, 0.6) is 0 Å². The Morgan fingerprint density at radius 1 is 0.449 bits per heavy atom. The van der Waals surface area contributed by atoms with Crippen molar-refractivity contribution in [2.45, 2.75) is 19.3 Å². The standard InChI is InChI=1S/C63H46N3O2P/c1-63(2)53-28-16-15-27-51(53)61-54(63)29-17-30-56(61)64(47-37-33-44(34-38-47)43-19-7-3-8-20-43)57-31-18-32-60-62(57)52-41-45(36-40-59(52)68-60)46-35-39-55-58(42-46)66(49-23-11-5-12-24-49)69(67,50-25-13-6-14-26-50)65(55)48-21-9-4-10-22-48/h3-42H,1-2H3. The van der Waals surface area contributed by atoms with E-state index in [1.807, 2.05) is 95.7 Å². The summed E-state index contributed by atoms with van der Waals surface area (Å²) in [6, 6.07) is 84.7. The van der Waals surface area contributed by atoms with E-state index in [0.717, 1.165) is 83.7 Å². The minimum atomic E-state index is -3.53. The highest BCUT2D eigenvalue weighted by atomic mass is 31.2. The summed E-state index contributed by atoms with van der Waals surface area (Å²) in [5.41, 5.74) is 17.6. The number of fused-ring (bicyclic) bond motifs is 7. The second-order valence-electron chi connectivity index (χ2n) is 18.5. The zero-order chi connectivity index (χ0) is 46.3. The lowest BCUT2D eigenvalue weighted by Crippen LogP contribution is -2.26. The molecule has 6 heteroatoms. The molecule has 0 spiro atoms. The van der Waals surface area contributed by atoms with Gasteiger partial charge < -0.3 is 9.32 Å². The van der Waals surface area contributed by atoms with Crippen LogP contribution in [0.25, 0.3) is 55.3 Å². The van der Waals surface area contributed by atoms with Gasteiger partial charge in [-0.2, -0.15) is 0 Å². The zero-order valence-corrected chi connectivity index (χ0v) is 39.1. The first kappa shape index (κ1) is 40.9. The maximum atomic E-state index is 16.3. The molecule has 0 saturated heterocycles. The van der Waals surface area contributed by atoms with Crippen molar-refractivity contribution in [1.82, 2.24) is 0 Å². The van der Waals surface area contributed by atoms with E-state index >= 15 is 4.57 Å². The molecule has 1 atom stereocenters. The second-order valence-corrected chi connectivity index (χ2v) is 20.9. The van der Waals surface area contributed by atoms with E-state index in [1.165, 1.54) is 27.8 Å². The van der Waals surface area contributed by atoms with Crippen LogP contribution >= 0.6 is 7.44 Å². The molecule has 0 amide bonds. The van der Waals surface area contributed by atoms with E-state index in [2.05, 4.69) is 175 Å². The summed E-state index contributed by atoms with van der Waals surface area (Å²) in [6.07, 6.45) is 0. The predicted octanol–water partition coefficient (Wildman–Crippen LogP) is 17.5. The van der Waals surface area contributed by atoms with Crippen LogP contribution in [0, 0.1) is 0 Å². The van der Waals surface area contributed by atoms with Crippen LogP contribution in [0.3, 0.4) is 0 Å². The van der Waals surface area contributed by atoms with Gasteiger partial charge in [0, 0.05) is 33.4 Å². The fourth-order valence-electron chi connectivity index (χ4n) is 11.0. The largest absolute Gasteiger partial charge is 0.456 e. The zero-order valence-electron chi connectivity index (χ0n) is 38.2. The molecule has 11 aromatic rings. The molecule has 1 unspecified atom stereocenters. The highest BCUT2D eigenvalue weighted by Crippen LogP contribution is 2.70. The highest BCUT2D eigenvalue weighted by Gasteiger charge is 2.49.